The maximum absolute atomic E-state index is 11.8. The zero-order chi connectivity index (χ0) is 13.0. The molecule has 2 rings (SSSR count). The van der Waals surface area contributed by atoms with E-state index < -0.39 is 5.97 Å². The zero-order valence-electron chi connectivity index (χ0n) is 11.0. The number of amides is 1. The predicted molar refractivity (Wildman–Crippen MR) is 68.2 cm³/mol. The highest BCUT2D eigenvalue weighted by Crippen LogP contribution is 2.44. The van der Waals surface area contributed by atoms with Crippen molar-refractivity contribution in [2.24, 2.45) is 5.41 Å². The van der Waals surface area contributed by atoms with Crippen LogP contribution in [-0.2, 0) is 9.59 Å². The summed E-state index contributed by atoms with van der Waals surface area (Å²) in [4.78, 5) is 24.2. The lowest BCUT2D eigenvalue weighted by molar-refractivity contribution is -0.141. The van der Waals surface area contributed by atoms with Gasteiger partial charge in [0.15, 0.2) is 0 Å². The number of carbonyl (C=O) groups excluding carboxylic acids is 1. The average Bonchev–Trinajstić information content (AvgIpc) is 2.38. The van der Waals surface area contributed by atoms with Crippen LogP contribution in [0.15, 0.2) is 0 Å². The second-order valence-electron chi connectivity index (χ2n) is 5.84. The summed E-state index contributed by atoms with van der Waals surface area (Å²) in [6.45, 7) is 1.66. The van der Waals surface area contributed by atoms with Crippen molar-refractivity contribution in [3.63, 3.8) is 0 Å². The van der Waals surface area contributed by atoms with Crippen molar-refractivity contribution >= 4 is 11.9 Å². The SMILES string of the molecule is O=C(O)CCC(=O)N1CCC2(CCCCC2)CC1. The number of rotatable bonds is 3. The Morgan fingerprint density at radius 2 is 1.56 bits per heavy atom. The third-order valence-corrected chi connectivity index (χ3v) is 4.64. The van der Waals surface area contributed by atoms with Crippen LogP contribution in [0.2, 0.25) is 0 Å². The van der Waals surface area contributed by atoms with E-state index in [9.17, 15) is 9.59 Å². The Morgan fingerprint density at radius 1 is 0.944 bits per heavy atom. The van der Waals surface area contributed by atoms with E-state index in [-0.39, 0.29) is 18.7 Å². The van der Waals surface area contributed by atoms with Crippen LogP contribution in [0, 0.1) is 5.41 Å². The number of carboxylic acid groups (broad SMARTS) is 1. The highest BCUT2D eigenvalue weighted by Gasteiger charge is 2.36. The van der Waals surface area contributed by atoms with Gasteiger partial charge in [-0.3, -0.25) is 9.59 Å². The average molecular weight is 253 g/mol. The van der Waals surface area contributed by atoms with Crippen molar-refractivity contribution in [2.75, 3.05) is 13.1 Å². The molecule has 2 fully saturated rings. The normalized spacial score (nSPS) is 23.0. The molecule has 1 spiro atoms. The highest BCUT2D eigenvalue weighted by molar-refractivity contribution is 5.80. The Hall–Kier alpha value is -1.06. The minimum atomic E-state index is -0.885. The molecule has 1 saturated heterocycles. The fourth-order valence-electron chi connectivity index (χ4n) is 3.40. The molecule has 0 aromatic carbocycles. The van der Waals surface area contributed by atoms with Gasteiger partial charge < -0.3 is 10.0 Å². The minimum absolute atomic E-state index is 0.0167. The van der Waals surface area contributed by atoms with Crippen LogP contribution in [-0.4, -0.2) is 35.0 Å². The van der Waals surface area contributed by atoms with E-state index in [1.165, 1.54) is 32.1 Å². The van der Waals surface area contributed by atoms with Gasteiger partial charge in [0.05, 0.1) is 6.42 Å². The van der Waals surface area contributed by atoms with Crippen molar-refractivity contribution in [1.29, 1.82) is 0 Å². The van der Waals surface area contributed by atoms with Crippen LogP contribution in [0.5, 0.6) is 0 Å². The second-order valence-corrected chi connectivity index (χ2v) is 5.84. The quantitative estimate of drug-likeness (QED) is 0.840. The summed E-state index contributed by atoms with van der Waals surface area (Å²) in [5, 5.41) is 8.59. The molecule has 4 heteroatoms. The lowest BCUT2D eigenvalue weighted by Gasteiger charge is -2.44. The van der Waals surface area contributed by atoms with Crippen LogP contribution in [0.4, 0.5) is 0 Å². The first-order valence-corrected chi connectivity index (χ1v) is 7.11. The molecule has 1 aliphatic heterocycles. The van der Waals surface area contributed by atoms with E-state index in [0.29, 0.717) is 5.41 Å². The first-order chi connectivity index (χ1) is 8.61. The first-order valence-electron chi connectivity index (χ1n) is 7.11. The molecular formula is C14H23NO3. The molecule has 1 saturated carbocycles. The highest BCUT2D eigenvalue weighted by atomic mass is 16.4. The number of hydrogen-bond donors (Lipinski definition) is 1. The number of nitrogens with zero attached hydrogens (tertiary/aromatic N) is 1. The Labute approximate surface area is 108 Å². The fourth-order valence-corrected chi connectivity index (χ4v) is 3.40. The van der Waals surface area contributed by atoms with Crippen molar-refractivity contribution in [3.8, 4) is 0 Å². The van der Waals surface area contributed by atoms with E-state index in [1.54, 1.807) is 0 Å². The molecule has 0 aromatic rings. The molecule has 0 unspecified atom stereocenters. The summed E-state index contributed by atoms with van der Waals surface area (Å²) in [5.41, 5.74) is 0.502. The number of piperidine rings is 1. The molecule has 0 aromatic heterocycles. The number of hydrogen-bond acceptors (Lipinski definition) is 2. The molecule has 102 valence electrons. The van der Waals surface area contributed by atoms with Gasteiger partial charge in [-0.2, -0.15) is 0 Å². The Kier molecular flexibility index (Phi) is 4.25. The van der Waals surface area contributed by atoms with E-state index in [2.05, 4.69) is 0 Å². The van der Waals surface area contributed by atoms with Gasteiger partial charge in [0.25, 0.3) is 0 Å². The fraction of sp³-hybridized carbons (Fsp3) is 0.857. The summed E-state index contributed by atoms with van der Waals surface area (Å²) in [6.07, 6.45) is 9.04. The Balaban J connectivity index is 1.78. The minimum Gasteiger partial charge on any atom is -0.481 e. The summed E-state index contributed by atoms with van der Waals surface area (Å²) in [5.74, 6) is -0.868. The maximum Gasteiger partial charge on any atom is 0.303 e. The van der Waals surface area contributed by atoms with Crippen LogP contribution < -0.4 is 0 Å². The number of aliphatic carboxylic acids is 1. The van der Waals surface area contributed by atoms with Gasteiger partial charge in [0, 0.05) is 19.5 Å². The molecule has 0 atom stereocenters. The molecule has 18 heavy (non-hydrogen) atoms. The monoisotopic (exact) mass is 253 g/mol. The summed E-state index contributed by atoms with van der Waals surface area (Å²) in [6, 6.07) is 0. The van der Waals surface area contributed by atoms with Crippen LogP contribution in [0.3, 0.4) is 0 Å². The number of carboxylic acids is 1. The molecule has 4 nitrogen and oxygen atoms in total. The predicted octanol–water partition coefficient (Wildman–Crippen LogP) is 2.42. The molecule has 1 aliphatic carbocycles. The molecule has 2 aliphatic rings. The smallest absolute Gasteiger partial charge is 0.303 e. The van der Waals surface area contributed by atoms with E-state index in [4.69, 9.17) is 5.11 Å². The molecular weight excluding hydrogens is 230 g/mol. The zero-order valence-corrected chi connectivity index (χ0v) is 11.0. The Bertz CT molecular complexity index is 311. The molecule has 0 radical (unpaired) electrons. The van der Waals surface area contributed by atoms with E-state index in [1.807, 2.05) is 4.90 Å². The molecule has 1 amide bonds. The van der Waals surface area contributed by atoms with E-state index >= 15 is 0 Å². The van der Waals surface area contributed by atoms with Crippen molar-refractivity contribution in [3.05, 3.63) is 0 Å². The lowest BCUT2D eigenvalue weighted by atomic mass is 9.68. The maximum atomic E-state index is 11.8. The Morgan fingerprint density at radius 3 is 2.11 bits per heavy atom. The molecule has 1 N–H and O–H groups in total. The van der Waals surface area contributed by atoms with E-state index in [0.717, 1.165) is 25.9 Å². The van der Waals surface area contributed by atoms with Crippen LogP contribution in [0.25, 0.3) is 0 Å². The van der Waals surface area contributed by atoms with Crippen LogP contribution >= 0.6 is 0 Å². The van der Waals surface area contributed by atoms with Crippen molar-refractivity contribution < 1.29 is 14.7 Å². The second kappa shape index (κ2) is 5.72. The third kappa shape index (κ3) is 3.24. The van der Waals surface area contributed by atoms with Gasteiger partial charge in [-0.25, -0.2) is 0 Å². The van der Waals surface area contributed by atoms with Gasteiger partial charge in [0.2, 0.25) is 5.91 Å². The largest absolute Gasteiger partial charge is 0.481 e. The standard InChI is InChI=1S/C14H23NO3/c16-12(4-5-13(17)18)15-10-8-14(9-11-15)6-2-1-3-7-14/h1-11H2,(H,17,18). The van der Waals surface area contributed by atoms with Crippen molar-refractivity contribution in [2.45, 2.75) is 57.8 Å². The molecule has 1 heterocycles. The van der Waals surface area contributed by atoms with Gasteiger partial charge in [-0.05, 0) is 31.1 Å². The third-order valence-electron chi connectivity index (χ3n) is 4.64. The first kappa shape index (κ1) is 13.4. The summed E-state index contributed by atoms with van der Waals surface area (Å²) < 4.78 is 0. The van der Waals surface area contributed by atoms with Gasteiger partial charge in [-0.15, -0.1) is 0 Å². The van der Waals surface area contributed by atoms with Gasteiger partial charge in [0.1, 0.15) is 0 Å². The summed E-state index contributed by atoms with van der Waals surface area (Å²) >= 11 is 0. The molecule has 0 bridgehead atoms. The number of likely N-dealkylation sites (tertiary alicyclic amines) is 1. The topological polar surface area (TPSA) is 57.6 Å². The lowest BCUT2D eigenvalue weighted by Crippen LogP contribution is -2.43. The number of carbonyl (C=O) groups is 2. The van der Waals surface area contributed by atoms with Gasteiger partial charge >= 0.3 is 5.97 Å². The van der Waals surface area contributed by atoms with Crippen LogP contribution in [0.1, 0.15) is 57.8 Å². The summed E-state index contributed by atoms with van der Waals surface area (Å²) in [7, 11) is 0. The van der Waals surface area contributed by atoms with Gasteiger partial charge in [-0.1, -0.05) is 19.3 Å². The van der Waals surface area contributed by atoms with Crippen molar-refractivity contribution in [1.82, 2.24) is 4.90 Å².